The van der Waals surface area contributed by atoms with E-state index in [4.69, 9.17) is 5.11 Å². The molecule has 46 valence electrons. The van der Waals surface area contributed by atoms with E-state index in [0.717, 1.165) is 0 Å². The fourth-order valence-electron chi connectivity index (χ4n) is 0.153. The second kappa shape index (κ2) is 3.43. The van der Waals surface area contributed by atoms with Crippen LogP contribution in [0.2, 0.25) is 0 Å². The SMILES string of the molecule is O=C(O)NC(=O)CBr. The third kappa shape index (κ3) is 3.60. The van der Waals surface area contributed by atoms with Gasteiger partial charge in [-0.25, -0.2) is 4.79 Å². The molecule has 0 aliphatic carbocycles. The lowest BCUT2D eigenvalue weighted by molar-refractivity contribution is -0.117. The van der Waals surface area contributed by atoms with Crippen molar-refractivity contribution >= 4 is 27.9 Å². The molecule has 0 radical (unpaired) electrons. The summed E-state index contributed by atoms with van der Waals surface area (Å²) < 4.78 is 0. The van der Waals surface area contributed by atoms with Crippen LogP contribution in [0.5, 0.6) is 0 Å². The Morgan fingerprint density at radius 2 is 2.12 bits per heavy atom. The zero-order chi connectivity index (χ0) is 6.57. The van der Waals surface area contributed by atoms with Gasteiger partial charge in [-0.15, -0.1) is 0 Å². The zero-order valence-corrected chi connectivity index (χ0v) is 5.43. The molecule has 4 nitrogen and oxygen atoms in total. The maximum absolute atomic E-state index is 10.1. The van der Waals surface area contributed by atoms with Crippen LogP contribution in [0, 0.1) is 0 Å². The van der Waals surface area contributed by atoms with Crippen LogP contribution in [0.1, 0.15) is 0 Å². The predicted octanol–water partition coefficient (Wildman–Crippen LogP) is 0.175. The average molecular weight is 182 g/mol. The van der Waals surface area contributed by atoms with Crippen LogP contribution in [0.4, 0.5) is 4.79 Å². The molecule has 2 amide bonds. The Kier molecular flexibility index (Phi) is 3.18. The van der Waals surface area contributed by atoms with Crippen molar-refractivity contribution in [2.75, 3.05) is 5.33 Å². The van der Waals surface area contributed by atoms with E-state index >= 15 is 0 Å². The Morgan fingerprint density at radius 1 is 1.62 bits per heavy atom. The maximum atomic E-state index is 10.1. The van der Waals surface area contributed by atoms with Crippen LogP contribution < -0.4 is 5.32 Å². The summed E-state index contributed by atoms with van der Waals surface area (Å²) in [4.78, 5) is 19.7. The molecular formula is C3H4BrNO3. The van der Waals surface area contributed by atoms with E-state index in [1.54, 1.807) is 5.32 Å². The highest BCUT2D eigenvalue weighted by molar-refractivity contribution is 9.09. The molecule has 0 fully saturated rings. The lowest BCUT2D eigenvalue weighted by Crippen LogP contribution is -2.29. The number of carbonyl (C=O) groups is 2. The van der Waals surface area contributed by atoms with Gasteiger partial charge in [0.25, 0.3) is 0 Å². The number of hydrogen-bond acceptors (Lipinski definition) is 2. The third-order valence-electron chi connectivity index (χ3n) is 0.368. The molecule has 0 aromatic heterocycles. The van der Waals surface area contributed by atoms with Gasteiger partial charge < -0.3 is 5.11 Å². The summed E-state index contributed by atoms with van der Waals surface area (Å²) in [5, 5.41) is 9.50. The van der Waals surface area contributed by atoms with Crippen LogP contribution in [-0.2, 0) is 4.79 Å². The van der Waals surface area contributed by atoms with E-state index in [0.29, 0.717) is 0 Å². The second-order valence-corrected chi connectivity index (χ2v) is 1.55. The average Bonchev–Trinajstić information content (AvgIpc) is 1.65. The van der Waals surface area contributed by atoms with Crippen molar-refractivity contribution in [3.63, 3.8) is 0 Å². The van der Waals surface area contributed by atoms with Crippen molar-refractivity contribution < 1.29 is 14.7 Å². The van der Waals surface area contributed by atoms with Gasteiger partial charge in [0.15, 0.2) is 0 Å². The Balaban J connectivity index is 3.40. The van der Waals surface area contributed by atoms with Crippen molar-refractivity contribution in [3.8, 4) is 0 Å². The maximum Gasteiger partial charge on any atom is 0.411 e. The first-order valence-corrected chi connectivity index (χ1v) is 2.87. The molecule has 0 saturated carbocycles. The van der Waals surface area contributed by atoms with Crippen LogP contribution in [0.25, 0.3) is 0 Å². The molecule has 2 N–H and O–H groups in total. The third-order valence-corrected chi connectivity index (χ3v) is 0.877. The van der Waals surface area contributed by atoms with Crippen LogP contribution >= 0.6 is 15.9 Å². The van der Waals surface area contributed by atoms with Crippen LogP contribution in [-0.4, -0.2) is 22.4 Å². The van der Waals surface area contributed by atoms with E-state index in [9.17, 15) is 9.59 Å². The molecule has 0 spiro atoms. The van der Waals surface area contributed by atoms with Crippen molar-refractivity contribution in [1.29, 1.82) is 0 Å². The fourth-order valence-corrected chi connectivity index (χ4v) is 0.293. The summed E-state index contributed by atoms with van der Waals surface area (Å²) in [6.45, 7) is 0. The first-order valence-electron chi connectivity index (χ1n) is 1.75. The molecule has 0 aromatic rings. The minimum Gasteiger partial charge on any atom is -0.465 e. The number of rotatable bonds is 1. The lowest BCUT2D eigenvalue weighted by atomic mass is 10.7. The molecule has 0 aliphatic rings. The summed E-state index contributed by atoms with van der Waals surface area (Å²) in [5.74, 6) is -0.558. The summed E-state index contributed by atoms with van der Waals surface area (Å²) in [5.41, 5.74) is 0. The highest BCUT2D eigenvalue weighted by atomic mass is 79.9. The Bertz CT molecular complexity index is 113. The lowest BCUT2D eigenvalue weighted by Gasteiger charge is -1.90. The predicted molar refractivity (Wildman–Crippen MR) is 30.0 cm³/mol. The van der Waals surface area contributed by atoms with Gasteiger partial charge in [-0.05, 0) is 0 Å². The molecule has 0 aliphatic heterocycles. The van der Waals surface area contributed by atoms with Gasteiger partial charge in [0.1, 0.15) is 0 Å². The number of nitrogens with one attached hydrogen (secondary N) is 1. The normalized spacial score (nSPS) is 8.12. The van der Waals surface area contributed by atoms with Gasteiger partial charge in [-0.1, -0.05) is 15.9 Å². The van der Waals surface area contributed by atoms with Gasteiger partial charge in [0, 0.05) is 0 Å². The Hall–Kier alpha value is -0.580. The van der Waals surface area contributed by atoms with Gasteiger partial charge in [-0.2, -0.15) is 0 Å². The largest absolute Gasteiger partial charge is 0.465 e. The molecule has 0 saturated heterocycles. The number of amides is 2. The first-order chi connectivity index (χ1) is 3.66. The molecule has 0 aromatic carbocycles. The molecular weight excluding hydrogens is 178 g/mol. The molecule has 8 heavy (non-hydrogen) atoms. The number of carboxylic acid groups (broad SMARTS) is 1. The van der Waals surface area contributed by atoms with Crippen molar-refractivity contribution in [2.45, 2.75) is 0 Å². The van der Waals surface area contributed by atoms with E-state index in [1.807, 2.05) is 0 Å². The summed E-state index contributed by atoms with van der Waals surface area (Å²) >= 11 is 2.77. The minimum absolute atomic E-state index is 0.0132. The standard InChI is InChI=1S/C3H4BrNO3/c4-1-2(6)5-3(7)8/h1H2,(H,5,6)(H,7,8). The zero-order valence-electron chi connectivity index (χ0n) is 3.85. The van der Waals surface area contributed by atoms with E-state index < -0.39 is 12.0 Å². The van der Waals surface area contributed by atoms with E-state index in [2.05, 4.69) is 15.9 Å². The molecule has 0 rings (SSSR count). The van der Waals surface area contributed by atoms with Crippen LogP contribution in [0.3, 0.4) is 0 Å². The fraction of sp³-hybridized carbons (Fsp3) is 0.333. The smallest absolute Gasteiger partial charge is 0.411 e. The molecule has 0 heterocycles. The van der Waals surface area contributed by atoms with Crippen molar-refractivity contribution in [3.05, 3.63) is 0 Å². The molecule has 0 bridgehead atoms. The topological polar surface area (TPSA) is 66.4 Å². The minimum atomic E-state index is -1.32. The number of halogens is 1. The van der Waals surface area contributed by atoms with Gasteiger partial charge in [-0.3, -0.25) is 10.1 Å². The summed E-state index contributed by atoms with van der Waals surface area (Å²) in [6, 6.07) is 0. The molecule has 5 heteroatoms. The van der Waals surface area contributed by atoms with Gasteiger partial charge in [0.05, 0.1) is 5.33 Å². The number of imide groups is 1. The Labute approximate surface area is 54.0 Å². The number of hydrogen-bond donors (Lipinski definition) is 2. The highest BCUT2D eigenvalue weighted by Crippen LogP contribution is 1.76. The summed E-state index contributed by atoms with van der Waals surface area (Å²) in [6.07, 6.45) is -1.32. The van der Waals surface area contributed by atoms with Gasteiger partial charge >= 0.3 is 6.09 Å². The quantitative estimate of drug-likeness (QED) is 0.568. The second-order valence-electron chi connectivity index (χ2n) is 0.987. The monoisotopic (exact) mass is 181 g/mol. The van der Waals surface area contributed by atoms with E-state index in [-0.39, 0.29) is 5.33 Å². The van der Waals surface area contributed by atoms with Crippen LogP contribution in [0.15, 0.2) is 0 Å². The van der Waals surface area contributed by atoms with Gasteiger partial charge in [0.2, 0.25) is 5.91 Å². The Morgan fingerprint density at radius 3 is 2.25 bits per heavy atom. The van der Waals surface area contributed by atoms with E-state index in [1.165, 1.54) is 0 Å². The molecule has 0 unspecified atom stereocenters. The first kappa shape index (κ1) is 7.42. The molecule has 0 atom stereocenters. The van der Waals surface area contributed by atoms with Crippen molar-refractivity contribution in [1.82, 2.24) is 5.32 Å². The number of alkyl halides is 1. The summed E-state index contributed by atoms with van der Waals surface area (Å²) in [7, 11) is 0. The highest BCUT2D eigenvalue weighted by Gasteiger charge is 2.00. The van der Waals surface area contributed by atoms with Crippen molar-refractivity contribution in [2.24, 2.45) is 0 Å². The number of carbonyl (C=O) groups excluding carboxylic acids is 1.